The molecule has 1 spiro atoms. The van der Waals surface area contributed by atoms with E-state index in [1.54, 1.807) is 36.4 Å². The fourth-order valence-electron chi connectivity index (χ4n) is 7.41. The minimum absolute atomic E-state index is 0.177. The van der Waals surface area contributed by atoms with E-state index in [0.29, 0.717) is 28.2 Å². The molecule has 4 nitrogen and oxygen atoms in total. The number of halogens is 1. The predicted octanol–water partition coefficient (Wildman–Crippen LogP) is 7.34. The molecule has 3 aliphatic rings. The van der Waals surface area contributed by atoms with Crippen LogP contribution >= 0.6 is 0 Å². The average Bonchev–Trinajstić information content (AvgIpc) is 3.43. The smallest absolute Gasteiger partial charge is 0.185 e. The number of carbonyl (C=O) groups excluding carboxylic acids is 3. The molecule has 0 aromatic heterocycles. The number of carbonyl (C=O) groups is 3. The maximum atomic E-state index is 14.8. The third-order valence-corrected chi connectivity index (χ3v) is 9.09. The standard InChI is InChI=1S/C37H30FNO3/c1-22(2)21-23-11-13-26(14-12-23)34(40)33-32(25-15-18-27(38)19-16-25)37(35(41)28-8-4-5-9-29(28)36(37)42)31-20-17-24-7-3-6-10-30(24)39(31)33/h3-20,22,31-33H,21H2,1-2H3/t31-,32+,33-/m0/s1. The van der Waals surface area contributed by atoms with Crippen LogP contribution in [0.4, 0.5) is 10.1 Å². The largest absolute Gasteiger partial charge is 0.352 e. The van der Waals surface area contributed by atoms with Crippen LogP contribution in [0.25, 0.3) is 6.08 Å². The summed E-state index contributed by atoms with van der Waals surface area (Å²) in [6, 6.07) is 26.6. The molecule has 2 aliphatic heterocycles. The third-order valence-electron chi connectivity index (χ3n) is 9.09. The van der Waals surface area contributed by atoms with Gasteiger partial charge in [0.25, 0.3) is 0 Å². The van der Waals surface area contributed by atoms with Crippen LogP contribution in [0.2, 0.25) is 0 Å². The number of hydrogen-bond donors (Lipinski definition) is 0. The Morgan fingerprint density at radius 2 is 1.45 bits per heavy atom. The highest BCUT2D eigenvalue weighted by atomic mass is 19.1. The van der Waals surface area contributed by atoms with Gasteiger partial charge in [-0.15, -0.1) is 0 Å². The van der Waals surface area contributed by atoms with Crippen molar-refractivity contribution in [3.8, 4) is 0 Å². The molecule has 0 saturated carbocycles. The van der Waals surface area contributed by atoms with Crippen LogP contribution in [-0.4, -0.2) is 29.4 Å². The van der Waals surface area contributed by atoms with E-state index in [1.165, 1.54) is 12.1 Å². The molecule has 5 heteroatoms. The van der Waals surface area contributed by atoms with E-state index >= 15 is 0 Å². The van der Waals surface area contributed by atoms with E-state index in [4.69, 9.17) is 0 Å². The van der Waals surface area contributed by atoms with Crippen molar-refractivity contribution in [2.24, 2.45) is 11.3 Å². The Labute approximate surface area is 244 Å². The van der Waals surface area contributed by atoms with Gasteiger partial charge in [-0.1, -0.05) is 105 Å². The number of ketones is 3. The highest BCUT2D eigenvalue weighted by Gasteiger charge is 2.71. The van der Waals surface area contributed by atoms with Gasteiger partial charge in [-0.05, 0) is 47.2 Å². The van der Waals surface area contributed by atoms with E-state index in [2.05, 4.69) is 13.8 Å². The molecule has 0 bridgehead atoms. The number of para-hydroxylation sites is 1. The average molecular weight is 556 g/mol. The van der Waals surface area contributed by atoms with Gasteiger partial charge in [0.15, 0.2) is 17.3 Å². The molecular weight excluding hydrogens is 525 g/mol. The Bertz CT molecular complexity index is 1730. The summed E-state index contributed by atoms with van der Waals surface area (Å²) in [5.74, 6) is -1.57. The van der Waals surface area contributed by atoms with Gasteiger partial charge in [0.05, 0.1) is 6.04 Å². The van der Waals surface area contributed by atoms with Crippen molar-refractivity contribution in [3.63, 3.8) is 0 Å². The second-order valence-corrected chi connectivity index (χ2v) is 12.0. The number of rotatable bonds is 5. The lowest BCUT2D eigenvalue weighted by Crippen LogP contribution is -2.48. The van der Waals surface area contributed by atoms with Gasteiger partial charge in [-0.2, -0.15) is 0 Å². The number of anilines is 1. The Morgan fingerprint density at radius 3 is 2.10 bits per heavy atom. The molecule has 1 aliphatic carbocycles. The van der Waals surface area contributed by atoms with Gasteiger partial charge in [0.1, 0.15) is 17.3 Å². The fraction of sp³-hybridized carbons (Fsp3) is 0.216. The van der Waals surface area contributed by atoms with Crippen LogP contribution in [0, 0.1) is 17.2 Å². The normalized spacial score (nSPS) is 21.5. The number of nitrogens with zero attached hydrogens (tertiary/aromatic N) is 1. The number of Topliss-reactive ketones (excluding diaryl/α,β-unsaturated/α-hetero) is 3. The molecule has 3 atom stereocenters. The van der Waals surface area contributed by atoms with Crippen LogP contribution in [0.5, 0.6) is 0 Å². The Morgan fingerprint density at radius 1 is 0.833 bits per heavy atom. The zero-order chi connectivity index (χ0) is 29.2. The lowest BCUT2D eigenvalue weighted by molar-refractivity contribution is 0.0666. The van der Waals surface area contributed by atoms with Gasteiger partial charge < -0.3 is 4.90 Å². The quantitative estimate of drug-likeness (QED) is 0.191. The van der Waals surface area contributed by atoms with Crippen LogP contribution in [-0.2, 0) is 6.42 Å². The van der Waals surface area contributed by atoms with Crippen LogP contribution in [0.15, 0.2) is 103 Å². The van der Waals surface area contributed by atoms with E-state index < -0.39 is 29.2 Å². The van der Waals surface area contributed by atoms with E-state index in [9.17, 15) is 18.8 Å². The molecule has 4 aromatic carbocycles. The van der Waals surface area contributed by atoms with Gasteiger partial charge in [0, 0.05) is 28.3 Å². The molecule has 0 unspecified atom stereocenters. The molecule has 42 heavy (non-hydrogen) atoms. The second-order valence-electron chi connectivity index (χ2n) is 12.0. The molecule has 2 heterocycles. The lowest BCUT2D eigenvalue weighted by Gasteiger charge is -2.37. The first-order valence-electron chi connectivity index (χ1n) is 14.4. The molecule has 0 radical (unpaired) electrons. The van der Waals surface area contributed by atoms with Crippen LogP contribution < -0.4 is 4.90 Å². The first kappa shape index (κ1) is 26.3. The van der Waals surface area contributed by atoms with Crippen LogP contribution in [0.3, 0.4) is 0 Å². The maximum Gasteiger partial charge on any atom is 0.185 e. The zero-order valence-corrected chi connectivity index (χ0v) is 23.5. The van der Waals surface area contributed by atoms with E-state index in [1.807, 2.05) is 65.6 Å². The third kappa shape index (κ3) is 3.69. The summed E-state index contributed by atoms with van der Waals surface area (Å²) in [7, 11) is 0. The SMILES string of the molecule is CC(C)Cc1ccc(C(=O)[C@@H]2[C@@H](c3ccc(F)cc3)C3(C(=O)c4ccccc4C3=O)[C@@H]3C=Cc4ccccc4N23)cc1. The molecule has 1 fully saturated rings. The summed E-state index contributed by atoms with van der Waals surface area (Å²) in [5.41, 5.74) is 3.08. The van der Waals surface area contributed by atoms with Gasteiger partial charge >= 0.3 is 0 Å². The summed E-state index contributed by atoms with van der Waals surface area (Å²) in [6.07, 6.45) is 4.74. The number of fused-ring (bicyclic) bond motifs is 5. The molecule has 208 valence electrons. The van der Waals surface area contributed by atoms with Crippen molar-refractivity contribution in [3.05, 3.63) is 142 Å². The second kappa shape index (κ2) is 9.73. The molecular formula is C37H30FNO3. The van der Waals surface area contributed by atoms with E-state index in [-0.39, 0.29) is 17.3 Å². The molecule has 4 aromatic rings. The summed E-state index contributed by atoms with van der Waals surface area (Å²) in [5, 5.41) is 0. The molecule has 0 N–H and O–H groups in total. The van der Waals surface area contributed by atoms with Crippen molar-refractivity contribution < 1.29 is 18.8 Å². The maximum absolute atomic E-state index is 14.8. The fourth-order valence-corrected chi connectivity index (χ4v) is 7.41. The predicted molar refractivity (Wildman–Crippen MR) is 162 cm³/mol. The van der Waals surface area contributed by atoms with Crippen molar-refractivity contribution in [1.82, 2.24) is 0 Å². The monoisotopic (exact) mass is 555 g/mol. The van der Waals surface area contributed by atoms with Crippen LogP contribution in [0.1, 0.15) is 67.5 Å². The first-order chi connectivity index (χ1) is 20.3. The van der Waals surface area contributed by atoms with Gasteiger partial charge in [-0.25, -0.2) is 4.39 Å². The highest BCUT2D eigenvalue weighted by Crippen LogP contribution is 2.60. The van der Waals surface area contributed by atoms with Gasteiger partial charge in [0.2, 0.25) is 0 Å². The van der Waals surface area contributed by atoms with Gasteiger partial charge in [-0.3, -0.25) is 14.4 Å². The van der Waals surface area contributed by atoms with Crippen molar-refractivity contribution in [2.75, 3.05) is 4.90 Å². The highest BCUT2D eigenvalue weighted by molar-refractivity contribution is 6.32. The number of benzene rings is 4. The first-order valence-corrected chi connectivity index (χ1v) is 14.4. The summed E-state index contributed by atoms with van der Waals surface area (Å²) in [4.78, 5) is 46.0. The van der Waals surface area contributed by atoms with Crippen molar-refractivity contribution >= 4 is 29.1 Å². The molecule has 0 amide bonds. The Hall–Kier alpha value is -4.64. The van der Waals surface area contributed by atoms with Crippen molar-refractivity contribution in [1.29, 1.82) is 0 Å². The minimum atomic E-state index is -1.59. The summed E-state index contributed by atoms with van der Waals surface area (Å²) in [6.45, 7) is 4.30. The molecule has 7 rings (SSSR count). The zero-order valence-electron chi connectivity index (χ0n) is 23.5. The molecule has 1 saturated heterocycles. The van der Waals surface area contributed by atoms with E-state index in [0.717, 1.165) is 23.2 Å². The lowest BCUT2D eigenvalue weighted by atomic mass is 9.64. The Balaban J connectivity index is 1.48. The summed E-state index contributed by atoms with van der Waals surface area (Å²) < 4.78 is 14.2. The topological polar surface area (TPSA) is 54.5 Å². The minimum Gasteiger partial charge on any atom is -0.352 e. The number of hydrogen-bond acceptors (Lipinski definition) is 4. The summed E-state index contributed by atoms with van der Waals surface area (Å²) >= 11 is 0. The Kier molecular flexibility index (Phi) is 6.09. The van der Waals surface area contributed by atoms with Crippen molar-refractivity contribution in [2.45, 2.75) is 38.3 Å².